The molecule has 0 saturated carbocycles. The molecule has 0 saturated heterocycles. The summed E-state index contributed by atoms with van der Waals surface area (Å²) in [7, 11) is 1.48. The van der Waals surface area contributed by atoms with Gasteiger partial charge in [-0.15, -0.1) is 0 Å². The van der Waals surface area contributed by atoms with E-state index in [9.17, 15) is 4.79 Å². The second-order valence-electron chi connectivity index (χ2n) is 0.890. The van der Waals surface area contributed by atoms with E-state index >= 15 is 0 Å². The molecule has 0 rings (SSSR count). The maximum absolute atomic E-state index is 9.69. The van der Waals surface area contributed by atoms with Crippen LogP contribution in [0.1, 0.15) is 2.74 Å². The van der Waals surface area contributed by atoms with E-state index in [2.05, 4.69) is 5.32 Å². The fraction of sp³-hybridized carbons (Fsp3) is 0.400. The number of nitrogens with one attached hydrogen (secondary N) is 1. The van der Waals surface area contributed by atoms with Gasteiger partial charge >= 0.3 is 0 Å². The van der Waals surface area contributed by atoms with Gasteiger partial charge in [-0.05, 0) is 13.1 Å². The minimum absolute atomic E-state index is 0.537. The zero-order valence-electron chi connectivity index (χ0n) is 6.14. The van der Waals surface area contributed by atoms with Gasteiger partial charge in [-0.2, -0.15) is 0 Å². The number of hydrogen-bond acceptors (Lipinski definition) is 2. The highest BCUT2D eigenvalue weighted by atomic mass is 16.1. The van der Waals surface area contributed by atoms with E-state index in [0.717, 1.165) is 12.2 Å². The lowest BCUT2D eigenvalue weighted by Gasteiger charge is -1.81. The summed E-state index contributed by atoms with van der Waals surface area (Å²) >= 11 is 0. The standard InChI is InChI=1S/C5H9NO/c1-6-4-2-3-5-7/h2-3,5-6H,4H2,1H3/i4D2. The number of carbonyl (C=O) groups is 1. The lowest BCUT2D eigenvalue weighted by molar-refractivity contribution is -0.104. The van der Waals surface area contributed by atoms with Gasteiger partial charge in [0.15, 0.2) is 0 Å². The van der Waals surface area contributed by atoms with Gasteiger partial charge in [0.1, 0.15) is 6.29 Å². The highest BCUT2D eigenvalue weighted by molar-refractivity contribution is 5.64. The highest BCUT2D eigenvalue weighted by Gasteiger charge is 1.64. The summed E-state index contributed by atoms with van der Waals surface area (Å²) in [5, 5.41) is 2.36. The van der Waals surface area contributed by atoms with E-state index in [-0.39, 0.29) is 0 Å². The maximum Gasteiger partial charge on any atom is 0.142 e. The topological polar surface area (TPSA) is 29.1 Å². The van der Waals surface area contributed by atoms with Crippen molar-refractivity contribution in [3.63, 3.8) is 0 Å². The van der Waals surface area contributed by atoms with Gasteiger partial charge in [0.25, 0.3) is 0 Å². The average molecular weight is 101 g/mol. The molecule has 0 heterocycles. The number of likely N-dealkylation sites (N-methyl/N-ethyl adjacent to an activating group) is 1. The first-order valence-electron chi connectivity index (χ1n) is 2.94. The minimum atomic E-state index is -1.57. The average Bonchev–Trinajstić information content (AvgIpc) is 1.84. The molecular formula is C5H9NO. The number of carbonyl (C=O) groups excluding carboxylic acids is 1. The first-order chi connectivity index (χ1) is 4.12. The summed E-state index contributed by atoms with van der Waals surface area (Å²) < 4.78 is 14.0. The monoisotopic (exact) mass is 101 g/mol. The fourth-order valence-corrected chi connectivity index (χ4v) is 0.171. The summed E-state index contributed by atoms with van der Waals surface area (Å²) in [6.07, 6.45) is 2.81. The Morgan fingerprint density at radius 1 is 2.00 bits per heavy atom. The molecule has 0 fully saturated rings. The Morgan fingerprint density at radius 3 is 3.14 bits per heavy atom. The molecule has 2 nitrogen and oxygen atoms in total. The molecule has 40 valence electrons. The Morgan fingerprint density at radius 2 is 2.71 bits per heavy atom. The summed E-state index contributed by atoms with van der Waals surface area (Å²) in [5.41, 5.74) is 0. The lowest BCUT2D eigenvalue weighted by atomic mass is 10.5. The van der Waals surface area contributed by atoms with Gasteiger partial charge in [-0.25, -0.2) is 0 Å². The molecule has 1 N–H and O–H groups in total. The van der Waals surface area contributed by atoms with Crippen molar-refractivity contribution in [2.75, 3.05) is 13.5 Å². The number of allylic oxidation sites excluding steroid dienone is 1. The van der Waals surface area contributed by atoms with Crippen LogP contribution in [-0.4, -0.2) is 19.8 Å². The van der Waals surface area contributed by atoms with Crippen molar-refractivity contribution >= 4 is 6.29 Å². The van der Waals surface area contributed by atoms with E-state index in [1.54, 1.807) is 0 Å². The molecule has 0 unspecified atom stereocenters. The smallest absolute Gasteiger partial charge is 0.142 e. The Kier molecular flexibility index (Phi) is 2.59. The Balaban J connectivity index is 3.84. The lowest BCUT2D eigenvalue weighted by Crippen LogP contribution is -2.03. The van der Waals surface area contributed by atoms with Crippen LogP contribution in [0.25, 0.3) is 0 Å². The summed E-state index contributed by atoms with van der Waals surface area (Å²) in [6.45, 7) is -1.57. The van der Waals surface area contributed by atoms with Crippen molar-refractivity contribution in [2.45, 2.75) is 0 Å². The first kappa shape index (κ1) is 3.38. The van der Waals surface area contributed by atoms with Gasteiger partial charge in [-0.3, -0.25) is 4.79 Å². The molecule has 0 aliphatic carbocycles. The van der Waals surface area contributed by atoms with Gasteiger partial charge in [0.2, 0.25) is 0 Å². The Labute approximate surface area is 46.0 Å². The van der Waals surface area contributed by atoms with Crippen molar-refractivity contribution in [1.82, 2.24) is 5.32 Å². The normalized spacial score (nSPS) is 16.1. The minimum Gasteiger partial charge on any atom is -0.316 e. The van der Waals surface area contributed by atoms with E-state index in [0.29, 0.717) is 6.29 Å². The van der Waals surface area contributed by atoms with Crippen LogP contribution in [0.5, 0.6) is 0 Å². The fourth-order valence-electron chi connectivity index (χ4n) is 0.171. The van der Waals surface area contributed by atoms with E-state index in [1.807, 2.05) is 0 Å². The molecule has 0 aromatic rings. The molecule has 0 atom stereocenters. The Hall–Kier alpha value is -0.630. The zero-order chi connectivity index (χ0) is 7.33. The molecular weight excluding hydrogens is 90.1 g/mol. The molecule has 7 heavy (non-hydrogen) atoms. The van der Waals surface area contributed by atoms with Crippen LogP contribution in [0.4, 0.5) is 0 Å². The van der Waals surface area contributed by atoms with Crippen molar-refractivity contribution in [1.29, 1.82) is 0 Å². The number of aldehydes is 1. The highest BCUT2D eigenvalue weighted by Crippen LogP contribution is 1.60. The molecule has 2 heteroatoms. The second-order valence-corrected chi connectivity index (χ2v) is 0.890. The van der Waals surface area contributed by atoms with Crippen LogP contribution < -0.4 is 5.32 Å². The van der Waals surface area contributed by atoms with E-state index in [4.69, 9.17) is 2.74 Å². The maximum atomic E-state index is 9.69. The molecule has 0 aliphatic heterocycles. The van der Waals surface area contributed by atoms with Gasteiger partial charge in [0.05, 0.1) is 0 Å². The number of rotatable bonds is 3. The van der Waals surface area contributed by atoms with Crippen LogP contribution in [0.3, 0.4) is 0 Å². The molecule has 0 spiro atoms. The largest absolute Gasteiger partial charge is 0.316 e. The molecule has 0 aromatic heterocycles. The number of hydrogen-bond donors (Lipinski definition) is 1. The zero-order valence-corrected chi connectivity index (χ0v) is 4.14. The van der Waals surface area contributed by atoms with Crippen LogP contribution in [0.2, 0.25) is 0 Å². The van der Waals surface area contributed by atoms with Gasteiger partial charge < -0.3 is 5.32 Å². The third-order valence-electron chi connectivity index (χ3n) is 0.402. The first-order valence-corrected chi connectivity index (χ1v) is 1.94. The van der Waals surface area contributed by atoms with Gasteiger partial charge in [0, 0.05) is 9.24 Å². The van der Waals surface area contributed by atoms with E-state index in [1.165, 1.54) is 7.05 Å². The van der Waals surface area contributed by atoms with Gasteiger partial charge in [-0.1, -0.05) is 6.08 Å². The third kappa shape index (κ3) is 5.37. The summed E-state index contributed by atoms with van der Waals surface area (Å²) in [6, 6.07) is 0. The van der Waals surface area contributed by atoms with Crippen molar-refractivity contribution in [3.8, 4) is 0 Å². The quantitative estimate of drug-likeness (QED) is 0.399. The molecule has 0 aliphatic rings. The molecule has 0 amide bonds. The summed E-state index contributed by atoms with van der Waals surface area (Å²) in [4.78, 5) is 9.69. The van der Waals surface area contributed by atoms with Crippen LogP contribution >= 0.6 is 0 Å². The van der Waals surface area contributed by atoms with Crippen LogP contribution in [0.15, 0.2) is 12.2 Å². The van der Waals surface area contributed by atoms with E-state index < -0.39 is 6.50 Å². The third-order valence-corrected chi connectivity index (χ3v) is 0.402. The molecule has 0 radical (unpaired) electrons. The Bertz CT molecular complexity index is 122. The molecule has 0 bridgehead atoms. The summed E-state index contributed by atoms with van der Waals surface area (Å²) in [5.74, 6) is 0. The predicted octanol–water partition coefficient (Wildman–Crippen LogP) is -0.0391. The van der Waals surface area contributed by atoms with Crippen molar-refractivity contribution in [3.05, 3.63) is 12.2 Å². The van der Waals surface area contributed by atoms with Crippen LogP contribution in [-0.2, 0) is 4.79 Å². The van der Waals surface area contributed by atoms with Crippen LogP contribution in [0, 0.1) is 0 Å². The van der Waals surface area contributed by atoms with Crippen molar-refractivity contribution < 1.29 is 7.54 Å². The predicted molar refractivity (Wildman–Crippen MR) is 29.1 cm³/mol. The van der Waals surface area contributed by atoms with Crippen molar-refractivity contribution in [2.24, 2.45) is 0 Å². The molecule has 0 aromatic carbocycles. The SMILES string of the molecule is [2H]C([2H])(C=CC=O)NC. The second kappa shape index (κ2) is 5.37.